The SMILES string of the molecule is OC1CCC1c1cscc1Br. The number of halogens is 1. The van der Waals surface area contributed by atoms with E-state index in [-0.39, 0.29) is 6.10 Å². The third-order valence-corrected chi connectivity index (χ3v) is 4.03. The Kier molecular flexibility index (Phi) is 2.04. The minimum atomic E-state index is -0.0964. The van der Waals surface area contributed by atoms with Crippen molar-refractivity contribution in [3.63, 3.8) is 0 Å². The van der Waals surface area contributed by atoms with Crippen molar-refractivity contribution >= 4 is 27.3 Å². The fraction of sp³-hybridized carbons (Fsp3) is 0.500. The Hall–Kier alpha value is 0.140. The molecular weight excluding hydrogens is 224 g/mol. The van der Waals surface area contributed by atoms with Gasteiger partial charge in [-0.05, 0) is 39.7 Å². The third-order valence-electron chi connectivity index (χ3n) is 2.28. The van der Waals surface area contributed by atoms with E-state index in [0.29, 0.717) is 5.92 Å². The van der Waals surface area contributed by atoms with Gasteiger partial charge in [-0.1, -0.05) is 0 Å². The first-order valence-corrected chi connectivity index (χ1v) is 5.42. The monoisotopic (exact) mass is 232 g/mol. The summed E-state index contributed by atoms with van der Waals surface area (Å²) in [5.74, 6) is 0.399. The van der Waals surface area contributed by atoms with Gasteiger partial charge in [0, 0.05) is 15.8 Å². The molecule has 1 aliphatic rings. The van der Waals surface area contributed by atoms with Gasteiger partial charge in [-0.3, -0.25) is 0 Å². The zero-order valence-electron chi connectivity index (χ0n) is 5.96. The second-order valence-electron chi connectivity index (χ2n) is 2.93. The number of rotatable bonds is 1. The maximum atomic E-state index is 9.39. The van der Waals surface area contributed by atoms with Gasteiger partial charge < -0.3 is 5.11 Å². The van der Waals surface area contributed by atoms with Crippen LogP contribution in [-0.2, 0) is 0 Å². The Balaban J connectivity index is 2.22. The summed E-state index contributed by atoms with van der Waals surface area (Å²) in [7, 11) is 0. The number of aliphatic hydroxyl groups is 1. The molecule has 11 heavy (non-hydrogen) atoms. The lowest BCUT2D eigenvalue weighted by atomic mass is 9.78. The predicted octanol–water partition coefficient (Wildman–Crippen LogP) is 2.75. The summed E-state index contributed by atoms with van der Waals surface area (Å²) < 4.78 is 1.16. The Bertz CT molecular complexity index is 258. The zero-order chi connectivity index (χ0) is 7.84. The summed E-state index contributed by atoms with van der Waals surface area (Å²) in [5.41, 5.74) is 1.29. The molecule has 1 N–H and O–H groups in total. The normalized spacial score (nSPS) is 30.0. The molecule has 1 fully saturated rings. The van der Waals surface area contributed by atoms with Gasteiger partial charge in [0.1, 0.15) is 0 Å². The molecule has 0 aromatic carbocycles. The summed E-state index contributed by atoms with van der Waals surface area (Å²) in [5, 5.41) is 13.6. The first kappa shape index (κ1) is 7.77. The molecule has 1 aromatic heterocycles. The molecule has 2 atom stereocenters. The zero-order valence-corrected chi connectivity index (χ0v) is 8.36. The van der Waals surface area contributed by atoms with Crippen LogP contribution in [0.25, 0.3) is 0 Å². The molecule has 1 heterocycles. The third kappa shape index (κ3) is 1.25. The maximum Gasteiger partial charge on any atom is 0.0609 e. The van der Waals surface area contributed by atoms with Crippen molar-refractivity contribution in [2.75, 3.05) is 0 Å². The lowest BCUT2D eigenvalue weighted by molar-refractivity contribution is 0.0660. The number of hydrogen-bond acceptors (Lipinski definition) is 2. The highest BCUT2D eigenvalue weighted by atomic mass is 79.9. The lowest BCUT2D eigenvalue weighted by Gasteiger charge is -2.32. The summed E-state index contributed by atoms with van der Waals surface area (Å²) in [6.07, 6.45) is 2.00. The highest BCUT2D eigenvalue weighted by Crippen LogP contribution is 2.41. The van der Waals surface area contributed by atoms with Gasteiger partial charge in [-0.2, -0.15) is 11.3 Å². The van der Waals surface area contributed by atoms with Crippen LogP contribution in [0.5, 0.6) is 0 Å². The number of aliphatic hydroxyl groups excluding tert-OH is 1. The Morgan fingerprint density at radius 3 is 2.64 bits per heavy atom. The van der Waals surface area contributed by atoms with Crippen LogP contribution in [0.3, 0.4) is 0 Å². The molecule has 1 aromatic rings. The number of hydrogen-bond donors (Lipinski definition) is 1. The molecule has 1 aliphatic carbocycles. The fourth-order valence-corrected chi connectivity index (χ4v) is 3.06. The largest absolute Gasteiger partial charge is 0.392 e. The van der Waals surface area contributed by atoms with Crippen LogP contribution < -0.4 is 0 Å². The van der Waals surface area contributed by atoms with Crippen LogP contribution in [0.2, 0.25) is 0 Å². The fourth-order valence-electron chi connectivity index (χ4n) is 1.40. The Labute approximate surface area is 78.2 Å². The number of thiophene rings is 1. The molecule has 0 saturated heterocycles. The van der Waals surface area contributed by atoms with Crippen molar-refractivity contribution in [2.45, 2.75) is 24.9 Å². The summed E-state index contributed by atoms with van der Waals surface area (Å²) in [4.78, 5) is 0. The molecular formula is C8H9BrOS. The quantitative estimate of drug-likeness (QED) is 0.790. The van der Waals surface area contributed by atoms with Gasteiger partial charge >= 0.3 is 0 Å². The van der Waals surface area contributed by atoms with E-state index < -0.39 is 0 Å². The molecule has 1 saturated carbocycles. The van der Waals surface area contributed by atoms with Gasteiger partial charge in [0.2, 0.25) is 0 Å². The van der Waals surface area contributed by atoms with Crippen molar-refractivity contribution in [3.8, 4) is 0 Å². The Morgan fingerprint density at radius 2 is 2.27 bits per heavy atom. The topological polar surface area (TPSA) is 20.2 Å². The second kappa shape index (κ2) is 2.88. The van der Waals surface area contributed by atoms with Crippen molar-refractivity contribution < 1.29 is 5.11 Å². The van der Waals surface area contributed by atoms with Crippen LogP contribution >= 0.6 is 27.3 Å². The highest BCUT2D eigenvalue weighted by molar-refractivity contribution is 9.10. The van der Waals surface area contributed by atoms with Gasteiger partial charge in [0.15, 0.2) is 0 Å². The van der Waals surface area contributed by atoms with E-state index in [1.54, 1.807) is 11.3 Å². The van der Waals surface area contributed by atoms with Crippen LogP contribution in [-0.4, -0.2) is 11.2 Å². The molecule has 0 bridgehead atoms. The molecule has 1 nitrogen and oxygen atoms in total. The van der Waals surface area contributed by atoms with E-state index in [9.17, 15) is 5.11 Å². The molecule has 3 heteroatoms. The van der Waals surface area contributed by atoms with E-state index >= 15 is 0 Å². The highest BCUT2D eigenvalue weighted by Gasteiger charge is 2.31. The molecule has 2 rings (SSSR count). The standard InChI is InChI=1S/C8H9BrOS/c9-7-4-11-3-6(7)5-1-2-8(5)10/h3-5,8,10H,1-2H2. The molecule has 0 amide bonds. The van der Waals surface area contributed by atoms with E-state index in [2.05, 4.69) is 26.7 Å². The molecule has 2 unspecified atom stereocenters. The summed E-state index contributed by atoms with van der Waals surface area (Å²) in [6, 6.07) is 0. The molecule has 0 radical (unpaired) electrons. The van der Waals surface area contributed by atoms with Crippen LogP contribution in [0.4, 0.5) is 0 Å². The first-order valence-electron chi connectivity index (χ1n) is 3.68. The summed E-state index contributed by atoms with van der Waals surface area (Å²) >= 11 is 5.16. The van der Waals surface area contributed by atoms with Gasteiger partial charge in [-0.15, -0.1) is 0 Å². The minimum absolute atomic E-state index is 0.0964. The van der Waals surface area contributed by atoms with Crippen molar-refractivity contribution in [2.24, 2.45) is 0 Å². The average Bonchev–Trinajstić information content (AvgIpc) is 2.34. The molecule has 60 valence electrons. The average molecular weight is 233 g/mol. The smallest absolute Gasteiger partial charge is 0.0609 e. The lowest BCUT2D eigenvalue weighted by Crippen LogP contribution is -2.28. The molecule has 0 aliphatic heterocycles. The van der Waals surface area contributed by atoms with Gasteiger partial charge in [0.05, 0.1) is 6.10 Å². The first-order chi connectivity index (χ1) is 5.29. The van der Waals surface area contributed by atoms with E-state index in [1.165, 1.54) is 5.56 Å². The van der Waals surface area contributed by atoms with Crippen molar-refractivity contribution in [1.29, 1.82) is 0 Å². The maximum absolute atomic E-state index is 9.39. The Morgan fingerprint density at radius 1 is 1.45 bits per heavy atom. The van der Waals surface area contributed by atoms with Crippen molar-refractivity contribution in [3.05, 3.63) is 20.8 Å². The van der Waals surface area contributed by atoms with Crippen LogP contribution in [0.1, 0.15) is 24.3 Å². The van der Waals surface area contributed by atoms with Gasteiger partial charge in [-0.25, -0.2) is 0 Å². The van der Waals surface area contributed by atoms with E-state index in [4.69, 9.17) is 0 Å². The summed E-state index contributed by atoms with van der Waals surface area (Å²) in [6.45, 7) is 0. The minimum Gasteiger partial charge on any atom is -0.392 e. The van der Waals surface area contributed by atoms with E-state index in [1.807, 2.05) is 0 Å². The van der Waals surface area contributed by atoms with E-state index in [0.717, 1.165) is 17.3 Å². The second-order valence-corrected chi connectivity index (χ2v) is 4.52. The van der Waals surface area contributed by atoms with Crippen molar-refractivity contribution in [1.82, 2.24) is 0 Å². The van der Waals surface area contributed by atoms with Gasteiger partial charge in [0.25, 0.3) is 0 Å². The van der Waals surface area contributed by atoms with Crippen LogP contribution in [0.15, 0.2) is 15.2 Å². The van der Waals surface area contributed by atoms with Crippen LogP contribution in [0, 0.1) is 0 Å². The predicted molar refractivity (Wildman–Crippen MR) is 50.0 cm³/mol. The molecule has 0 spiro atoms.